The summed E-state index contributed by atoms with van der Waals surface area (Å²) >= 11 is 0. The minimum Gasteiger partial charge on any atom is -0.451 e. The second kappa shape index (κ2) is 9.04. The molecule has 1 N–H and O–H groups in total. The highest BCUT2D eigenvalue weighted by molar-refractivity contribution is 5.95. The molecule has 0 aliphatic carbocycles. The van der Waals surface area contributed by atoms with Crippen LogP contribution in [-0.2, 0) is 9.53 Å². The van der Waals surface area contributed by atoms with Crippen molar-refractivity contribution in [3.8, 4) is 16.9 Å². The van der Waals surface area contributed by atoms with Crippen molar-refractivity contribution in [3.63, 3.8) is 0 Å². The minimum absolute atomic E-state index is 0.184. The maximum atomic E-state index is 13.3. The Morgan fingerprint density at radius 1 is 0.903 bits per heavy atom. The quantitative estimate of drug-likeness (QED) is 0.472. The molecule has 154 valence electrons. The summed E-state index contributed by atoms with van der Waals surface area (Å²) in [7, 11) is 0. The topological polar surface area (TPSA) is 73.2 Å². The Labute approximate surface area is 177 Å². The molecule has 1 heterocycles. The van der Waals surface area contributed by atoms with E-state index in [4.69, 9.17) is 4.74 Å². The molecular weight excluding hydrogens is 397 g/mol. The molecular formula is C24H18FN3O3. The number of hydrogen-bond donors (Lipinski definition) is 1. The van der Waals surface area contributed by atoms with E-state index in [2.05, 4.69) is 10.4 Å². The summed E-state index contributed by atoms with van der Waals surface area (Å²) in [5.41, 5.74) is 2.59. The molecule has 0 spiro atoms. The van der Waals surface area contributed by atoms with Gasteiger partial charge in [0, 0.05) is 11.3 Å². The molecule has 0 radical (unpaired) electrons. The lowest BCUT2D eigenvalue weighted by Crippen LogP contribution is -2.22. The standard InChI is InChI=1S/C24H18FN3O3/c25-18-10-7-11-19(14-18)26-23(29)16-31-24(30)22-15-21(17-8-3-1-4-9-17)27-28(22)20-12-5-2-6-13-20/h1-15H,16H2,(H,26,29). The van der Waals surface area contributed by atoms with E-state index < -0.39 is 24.3 Å². The highest BCUT2D eigenvalue weighted by Gasteiger charge is 2.20. The van der Waals surface area contributed by atoms with Crippen molar-refractivity contribution in [1.29, 1.82) is 0 Å². The largest absolute Gasteiger partial charge is 0.451 e. The summed E-state index contributed by atoms with van der Waals surface area (Å²) in [6.07, 6.45) is 0. The van der Waals surface area contributed by atoms with Gasteiger partial charge in [-0.15, -0.1) is 0 Å². The molecule has 0 bridgehead atoms. The number of nitrogens with one attached hydrogen (secondary N) is 1. The van der Waals surface area contributed by atoms with Gasteiger partial charge in [0.15, 0.2) is 12.3 Å². The first-order valence-electron chi connectivity index (χ1n) is 9.53. The molecule has 31 heavy (non-hydrogen) atoms. The second-order valence-electron chi connectivity index (χ2n) is 6.66. The van der Waals surface area contributed by atoms with E-state index in [0.29, 0.717) is 11.4 Å². The fourth-order valence-electron chi connectivity index (χ4n) is 3.01. The summed E-state index contributed by atoms with van der Waals surface area (Å²) in [5.74, 6) is -1.75. The van der Waals surface area contributed by atoms with Gasteiger partial charge in [-0.2, -0.15) is 5.10 Å². The Kier molecular flexibility index (Phi) is 5.84. The molecule has 6 nitrogen and oxygen atoms in total. The van der Waals surface area contributed by atoms with Crippen LogP contribution in [0.25, 0.3) is 16.9 Å². The normalized spacial score (nSPS) is 10.5. The lowest BCUT2D eigenvalue weighted by molar-refractivity contribution is -0.119. The maximum Gasteiger partial charge on any atom is 0.357 e. The zero-order valence-corrected chi connectivity index (χ0v) is 16.4. The Bertz CT molecular complexity index is 1210. The third kappa shape index (κ3) is 4.84. The minimum atomic E-state index is -0.701. The number of nitrogens with zero attached hydrogens (tertiary/aromatic N) is 2. The van der Waals surface area contributed by atoms with Crippen molar-refractivity contribution < 1.29 is 18.7 Å². The predicted molar refractivity (Wildman–Crippen MR) is 114 cm³/mol. The Hall–Kier alpha value is -4.26. The summed E-state index contributed by atoms with van der Waals surface area (Å²) in [6, 6.07) is 25.7. The number of aromatic nitrogens is 2. The molecule has 0 unspecified atom stereocenters. The molecule has 7 heteroatoms. The van der Waals surface area contributed by atoms with Crippen molar-refractivity contribution in [2.45, 2.75) is 0 Å². The monoisotopic (exact) mass is 415 g/mol. The lowest BCUT2D eigenvalue weighted by Gasteiger charge is -2.08. The fourth-order valence-corrected chi connectivity index (χ4v) is 3.01. The van der Waals surface area contributed by atoms with Crippen molar-refractivity contribution in [3.05, 3.63) is 103 Å². The smallest absolute Gasteiger partial charge is 0.357 e. The number of carbonyl (C=O) groups is 2. The molecule has 4 aromatic rings. The van der Waals surface area contributed by atoms with Crippen molar-refractivity contribution in [1.82, 2.24) is 9.78 Å². The number of hydrogen-bond acceptors (Lipinski definition) is 4. The van der Waals surface area contributed by atoms with Crippen LogP contribution >= 0.6 is 0 Å². The summed E-state index contributed by atoms with van der Waals surface area (Å²) in [6.45, 7) is -0.518. The summed E-state index contributed by atoms with van der Waals surface area (Å²) in [4.78, 5) is 24.9. The number of esters is 1. The van der Waals surface area contributed by atoms with Crippen LogP contribution in [0.5, 0.6) is 0 Å². The first kappa shape index (κ1) is 20.0. The van der Waals surface area contributed by atoms with Gasteiger partial charge in [-0.25, -0.2) is 13.9 Å². The van der Waals surface area contributed by atoms with Crippen LogP contribution < -0.4 is 5.32 Å². The molecule has 4 rings (SSSR count). The number of halogens is 1. The van der Waals surface area contributed by atoms with Gasteiger partial charge in [-0.3, -0.25) is 4.79 Å². The zero-order valence-electron chi connectivity index (χ0n) is 16.4. The van der Waals surface area contributed by atoms with Gasteiger partial charge in [-0.05, 0) is 36.4 Å². The van der Waals surface area contributed by atoms with Gasteiger partial charge >= 0.3 is 5.97 Å². The van der Waals surface area contributed by atoms with E-state index in [9.17, 15) is 14.0 Å². The molecule has 1 amide bonds. The van der Waals surface area contributed by atoms with Crippen LogP contribution in [-0.4, -0.2) is 28.3 Å². The molecule has 0 aliphatic rings. The molecule has 0 saturated heterocycles. The van der Waals surface area contributed by atoms with Gasteiger partial charge in [-0.1, -0.05) is 54.6 Å². The fraction of sp³-hybridized carbons (Fsp3) is 0.0417. The molecule has 0 atom stereocenters. The Morgan fingerprint density at radius 3 is 2.32 bits per heavy atom. The van der Waals surface area contributed by atoms with Crippen LogP contribution in [0.1, 0.15) is 10.5 Å². The number of ether oxygens (including phenoxy) is 1. The Morgan fingerprint density at radius 2 is 1.61 bits per heavy atom. The highest BCUT2D eigenvalue weighted by Crippen LogP contribution is 2.22. The van der Waals surface area contributed by atoms with Crippen LogP contribution in [0.3, 0.4) is 0 Å². The van der Waals surface area contributed by atoms with Crippen LogP contribution in [0, 0.1) is 5.82 Å². The maximum absolute atomic E-state index is 13.3. The first-order valence-corrected chi connectivity index (χ1v) is 9.53. The average molecular weight is 415 g/mol. The van der Waals surface area contributed by atoms with Gasteiger partial charge in [0.2, 0.25) is 0 Å². The number of benzene rings is 3. The number of amides is 1. The van der Waals surface area contributed by atoms with Crippen LogP contribution in [0.4, 0.5) is 10.1 Å². The molecule has 1 aromatic heterocycles. The average Bonchev–Trinajstić information content (AvgIpc) is 3.24. The number of carbonyl (C=O) groups excluding carboxylic acids is 2. The molecule has 3 aromatic carbocycles. The summed E-state index contributed by atoms with van der Waals surface area (Å²) in [5, 5.41) is 7.04. The van der Waals surface area contributed by atoms with E-state index in [1.807, 2.05) is 60.7 Å². The van der Waals surface area contributed by atoms with Crippen LogP contribution in [0.2, 0.25) is 0 Å². The van der Waals surface area contributed by atoms with Crippen molar-refractivity contribution in [2.24, 2.45) is 0 Å². The number of rotatable bonds is 6. The van der Waals surface area contributed by atoms with Crippen LogP contribution in [0.15, 0.2) is 91.0 Å². The third-order valence-electron chi connectivity index (χ3n) is 4.43. The molecule has 0 saturated carbocycles. The zero-order chi connectivity index (χ0) is 21.6. The van der Waals surface area contributed by atoms with Gasteiger partial charge in [0.1, 0.15) is 5.82 Å². The number of anilines is 1. The van der Waals surface area contributed by atoms with E-state index in [0.717, 1.165) is 5.56 Å². The number of para-hydroxylation sites is 1. The molecule has 0 fully saturated rings. The first-order chi connectivity index (χ1) is 15.1. The second-order valence-corrected chi connectivity index (χ2v) is 6.66. The summed E-state index contributed by atoms with van der Waals surface area (Å²) < 4.78 is 19.9. The van der Waals surface area contributed by atoms with Gasteiger partial charge < -0.3 is 10.1 Å². The van der Waals surface area contributed by atoms with Crippen molar-refractivity contribution >= 4 is 17.6 Å². The Balaban J connectivity index is 1.54. The van der Waals surface area contributed by atoms with Gasteiger partial charge in [0.25, 0.3) is 5.91 Å². The predicted octanol–water partition coefficient (Wildman–Crippen LogP) is 4.47. The van der Waals surface area contributed by atoms with E-state index in [1.165, 1.54) is 22.9 Å². The van der Waals surface area contributed by atoms with E-state index in [1.54, 1.807) is 12.1 Å². The van der Waals surface area contributed by atoms with E-state index in [-0.39, 0.29) is 11.4 Å². The van der Waals surface area contributed by atoms with Crippen molar-refractivity contribution in [2.75, 3.05) is 11.9 Å². The SMILES string of the molecule is O=C(COC(=O)c1cc(-c2ccccc2)nn1-c1ccccc1)Nc1cccc(F)c1. The third-order valence-corrected chi connectivity index (χ3v) is 4.43. The van der Waals surface area contributed by atoms with E-state index >= 15 is 0 Å². The lowest BCUT2D eigenvalue weighted by atomic mass is 10.1. The van der Waals surface area contributed by atoms with Gasteiger partial charge in [0.05, 0.1) is 11.4 Å². The highest BCUT2D eigenvalue weighted by atomic mass is 19.1. The molecule has 0 aliphatic heterocycles.